The molecule has 9 heavy (non-hydrogen) atoms. The normalized spacial score (nSPS) is 11.7. The Morgan fingerprint density at radius 3 is 2.56 bits per heavy atom. The first kappa shape index (κ1) is 8.70. The van der Waals surface area contributed by atoms with E-state index in [1.54, 1.807) is 6.92 Å². The molecule has 0 spiro atoms. The molecule has 0 aliphatic rings. The van der Waals surface area contributed by atoms with Gasteiger partial charge in [-0.05, 0) is 24.9 Å². The van der Waals surface area contributed by atoms with Crippen molar-refractivity contribution in [2.75, 3.05) is 0 Å². The molecule has 0 saturated carbocycles. The van der Waals surface area contributed by atoms with Crippen LogP contribution in [-0.2, 0) is 4.79 Å². The van der Waals surface area contributed by atoms with Crippen LogP contribution >= 0.6 is 11.6 Å². The van der Waals surface area contributed by atoms with Gasteiger partial charge in [0, 0.05) is 5.57 Å². The fraction of sp³-hybridized carbons (Fsp3) is 0.571. The molecule has 0 bridgehead atoms. The van der Waals surface area contributed by atoms with Crippen LogP contribution in [0.4, 0.5) is 0 Å². The van der Waals surface area contributed by atoms with Crippen LogP contribution in [0.1, 0.15) is 26.7 Å². The topological polar surface area (TPSA) is 17.1 Å². The Bertz CT molecular complexity index is 127. The van der Waals surface area contributed by atoms with Crippen LogP contribution in [0.25, 0.3) is 0 Å². The van der Waals surface area contributed by atoms with E-state index in [2.05, 4.69) is 6.92 Å². The van der Waals surface area contributed by atoms with Crippen molar-refractivity contribution in [3.05, 3.63) is 11.6 Å². The Balaban J connectivity index is 3.69. The zero-order valence-corrected chi connectivity index (χ0v) is 6.53. The Morgan fingerprint density at radius 2 is 2.22 bits per heavy atom. The lowest BCUT2D eigenvalue weighted by Gasteiger charge is -1.89. The minimum Gasteiger partial charge on any atom is -0.276 e. The van der Waals surface area contributed by atoms with E-state index >= 15 is 0 Å². The van der Waals surface area contributed by atoms with E-state index in [0.717, 1.165) is 12.8 Å². The standard InChI is InChI=1S/C7H11ClO/c1-3-4-5-6(2)7(8)9/h5H,3-4H2,1-2H3. The van der Waals surface area contributed by atoms with Crippen molar-refractivity contribution in [3.8, 4) is 0 Å². The van der Waals surface area contributed by atoms with Gasteiger partial charge in [-0.1, -0.05) is 19.4 Å². The number of allylic oxidation sites excluding steroid dienone is 2. The van der Waals surface area contributed by atoms with Crippen LogP contribution in [0.2, 0.25) is 0 Å². The van der Waals surface area contributed by atoms with Gasteiger partial charge in [-0.3, -0.25) is 4.79 Å². The van der Waals surface area contributed by atoms with Crippen molar-refractivity contribution >= 4 is 16.8 Å². The van der Waals surface area contributed by atoms with Crippen LogP contribution in [-0.4, -0.2) is 5.24 Å². The zero-order valence-electron chi connectivity index (χ0n) is 5.78. The fourth-order valence-electron chi connectivity index (χ4n) is 0.441. The predicted octanol–water partition coefficient (Wildman–Crippen LogP) is 2.50. The maximum Gasteiger partial charge on any atom is 0.247 e. The van der Waals surface area contributed by atoms with Gasteiger partial charge >= 0.3 is 0 Å². The maximum absolute atomic E-state index is 10.3. The van der Waals surface area contributed by atoms with E-state index in [4.69, 9.17) is 11.6 Å². The lowest BCUT2D eigenvalue weighted by Crippen LogP contribution is -1.86. The summed E-state index contributed by atoms with van der Waals surface area (Å²) in [5, 5.41) is -0.344. The van der Waals surface area contributed by atoms with Crippen LogP contribution in [0, 0.1) is 0 Å². The number of carbonyl (C=O) groups excluding carboxylic acids is 1. The molecule has 2 heteroatoms. The maximum atomic E-state index is 10.3. The molecule has 0 N–H and O–H groups in total. The largest absolute Gasteiger partial charge is 0.276 e. The minimum atomic E-state index is -0.344. The Morgan fingerprint density at radius 1 is 1.67 bits per heavy atom. The molecular weight excluding hydrogens is 136 g/mol. The molecule has 0 aromatic rings. The summed E-state index contributed by atoms with van der Waals surface area (Å²) in [7, 11) is 0. The highest BCUT2D eigenvalue weighted by Crippen LogP contribution is 2.01. The average Bonchev–Trinajstić information content (AvgIpc) is 1.82. The third-order valence-corrected chi connectivity index (χ3v) is 1.35. The highest BCUT2D eigenvalue weighted by molar-refractivity contribution is 6.67. The summed E-state index contributed by atoms with van der Waals surface area (Å²) in [5.41, 5.74) is 0.651. The molecule has 0 aromatic heterocycles. The number of hydrogen-bond acceptors (Lipinski definition) is 1. The molecule has 0 fully saturated rings. The summed E-state index contributed by atoms with van der Waals surface area (Å²) in [6.07, 6.45) is 3.85. The van der Waals surface area contributed by atoms with E-state index in [1.165, 1.54) is 0 Å². The number of carbonyl (C=O) groups is 1. The quantitative estimate of drug-likeness (QED) is 0.442. The summed E-state index contributed by atoms with van der Waals surface area (Å²) in [6, 6.07) is 0. The van der Waals surface area contributed by atoms with E-state index in [-0.39, 0.29) is 5.24 Å². The van der Waals surface area contributed by atoms with Crippen LogP contribution in [0.15, 0.2) is 11.6 Å². The van der Waals surface area contributed by atoms with Gasteiger partial charge in [0.1, 0.15) is 0 Å². The van der Waals surface area contributed by atoms with Gasteiger partial charge in [-0.15, -0.1) is 0 Å². The Hall–Kier alpha value is -0.300. The van der Waals surface area contributed by atoms with Crippen LogP contribution in [0.5, 0.6) is 0 Å². The first-order valence-electron chi connectivity index (χ1n) is 3.05. The highest BCUT2D eigenvalue weighted by Gasteiger charge is 1.95. The summed E-state index contributed by atoms with van der Waals surface area (Å²) in [4.78, 5) is 10.3. The summed E-state index contributed by atoms with van der Waals surface area (Å²) >= 11 is 5.16. The lowest BCUT2D eigenvalue weighted by molar-refractivity contribution is -0.108. The molecule has 52 valence electrons. The first-order valence-corrected chi connectivity index (χ1v) is 3.43. The minimum absolute atomic E-state index is 0.344. The Kier molecular flexibility index (Phi) is 4.41. The van der Waals surface area contributed by atoms with Crippen molar-refractivity contribution in [1.82, 2.24) is 0 Å². The molecule has 1 nitrogen and oxygen atoms in total. The molecule has 0 aromatic carbocycles. The second-order valence-electron chi connectivity index (χ2n) is 1.95. The second-order valence-corrected chi connectivity index (χ2v) is 2.29. The first-order chi connectivity index (χ1) is 4.18. The number of halogens is 1. The number of hydrogen-bond donors (Lipinski definition) is 0. The average molecular weight is 147 g/mol. The molecule has 0 amide bonds. The van der Waals surface area contributed by atoms with E-state index < -0.39 is 0 Å². The fourth-order valence-corrected chi connectivity index (χ4v) is 0.518. The molecule has 0 rings (SSSR count). The van der Waals surface area contributed by atoms with Gasteiger partial charge in [0.05, 0.1) is 0 Å². The molecule has 0 aliphatic carbocycles. The summed E-state index contributed by atoms with van der Waals surface area (Å²) < 4.78 is 0. The van der Waals surface area contributed by atoms with E-state index in [1.807, 2.05) is 6.08 Å². The molecular formula is C7H11ClO. The van der Waals surface area contributed by atoms with Crippen LogP contribution < -0.4 is 0 Å². The molecule has 0 radical (unpaired) electrons. The molecule has 0 unspecified atom stereocenters. The monoisotopic (exact) mass is 146 g/mol. The third kappa shape index (κ3) is 4.22. The zero-order chi connectivity index (χ0) is 7.28. The molecule has 0 heterocycles. The van der Waals surface area contributed by atoms with E-state index in [9.17, 15) is 4.79 Å². The van der Waals surface area contributed by atoms with Crippen molar-refractivity contribution in [1.29, 1.82) is 0 Å². The highest BCUT2D eigenvalue weighted by atomic mass is 35.5. The van der Waals surface area contributed by atoms with Gasteiger partial charge in [-0.25, -0.2) is 0 Å². The molecule has 0 saturated heterocycles. The summed E-state index contributed by atoms with van der Waals surface area (Å²) in [5.74, 6) is 0. The predicted molar refractivity (Wildman–Crippen MR) is 39.5 cm³/mol. The van der Waals surface area contributed by atoms with Gasteiger partial charge in [0.25, 0.3) is 0 Å². The van der Waals surface area contributed by atoms with E-state index in [0.29, 0.717) is 5.57 Å². The van der Waals surface area contributed by atoms with Gasteiger partial charge < -0.3 is 0 Å². The van der Waals surface area contributed by atoms with Gasteiger partial charge in [-0.2, -0.15) is 0 Å². The SMILES string of the molecule is CCCC=C(C)C(=O)Cl. The molecule has 0 aliphatic heterocycles. The second kappa shape index (κ2) is 4.57. The van der Waals surface area contributed by atoms with Crippen LogP contribution in [0.3, 0.4) is 0 Å². The number of rotatable bonds is 3. The van der Waals surface area contributed by atoms with Gasteiger partial charge in [0.2, 0.25) is 5.24 Å². The molecule has 0 atom stereocenters. The Labute approximate surface area is 60.7 Å². The van der Waals surface area contributed by atoms with Crippen molar-refractivity contribution in [2.45, 2.75) is 26.7 Å². The third-order valence-electron chi connectivity index (χ3n) is 1.05. The van der Waals surface area contributed by atoms with Crippen molar-refractivity contribution < 1.29 is 4.79 Å². The number of unbranched alkanes of at least 4 members (excludes halogenated alkanes) is 1. The van der Waals surface area contributed by atoms with Crippen molar-refractivity contribution in [2.24, 2.45) is 0 Å². The lowest BCUT2D eigenvalue weighted by atomic mass is 10.2. The van der Waals surface area contributed by atoms with Crippen molar-refractivity contribution in [3.63, 3.8) is 0 Å². The van der Waals surface area contributed by atoms with Gasteiger partial charge in [0.15, 0.2) is 0 Å². The smallest absolute Gasteiger partial charge is 0.247 e. The summed E-state index contributed by atoms with van der Waals surface area (Å²) in [6.45, 7) is 3.79.